The van der Waals surface area contributed by atoms with Crippen molar-refractivity contribution in [1.82, 2.24) is 9.97 Å². The van der Waals surface area contributed by atoms with Crippen LogP contribution in [-0.4, -0.2) is 40.8 Å². The molecule has 1 heterocycles. The van der Waals surface area contributed by atoms with Crippen molar-refractivity contribution in [2.24, 2.45) is 0 Å². The van der Waals surface area contributed by atoms with E-state index in [1.54, 1.807) is 38.1 Å². The third-order valence-electron chi connectivity index (χ3n) is 3.42. The first-order valence-electron chi connectivity index (χ1n) is 8.04. The van der Waals surface area contributed by atoms with Gasteiger partial charge in [-0.2, -0.15) is 0 Å². The molecule has 0 spiro atoms. The zero-order valence-electron chi connectivity index (χ0n) is 15.1. The molecule has 4 N–H and O–H groups in total. The van der Waals surface area contributed by atoms with E-state index in [1.165, 1.54) is 7.11 Å². The molecule has 0 saturated heterocycles. The summed E-state index contributed by atoms with van der Waals surface area (Å²) in [6.45, 7) is 3.58. The second kappa shape index (κ2) is 9.08. The third-order valence-corrected chi connectivity index (χ3v) is 4.39. The lowest BCUT2D eigenvalue weighted by atomic mass is 10.2. The number of H-pyrrole nitrogens is 1. The Labute approximate surface area is 159 Å². The Hall–Kier alpha value is -3.01. The van der Waals surface area contributed by atoms with E-state index < -0.39 is 22.7 Å². The molecule has 0 unspecified atom stereocenters. The number of rotatable bonds is 7. The van der Waals surface area contributed by atoms with E-state index in [-0.39, 0.29) is 23.3 Å². The summed E-state index contributed by atoms with van der Waals surface area (Å²) in [6.07, 6.45) is 0. The fourth-order valence-corrected chi connectivity index (χ4v) is 2.85. The number of nitrogens with zero attached hydrogens (tertiary/aromatic N) is 1. The van der Waals surface area contributed by atoms with Gasteiger partial charge in [-0.3, -0.25) is 19.4 Å². The fraction of sp³-hybridized carbons (Fsp3) is 0.294. The number of nitrogens with two attached hydrogens (primary N) is 1. The van der Waals surface area contributed by atoms with Crippen LogP contribution in [0.1, 0.15) is 24.2 Å². The van der Waals surface area contributed by atoms with Gasteiger partial charge < -0.3 is 20.5 Å². The van der Waals surface area contributed by atoms with E-state index in [1.807, 2.05) is 0 Å². The van der Waals surface area contributed by atoms with Gasteiger partial charge in [0.2, 0.25) is 0 Å². The number of anilines is 2. The number of thioether (sulfide) groups is 1. The molecular formula is C17H20N4O5S. The molecule has 0 bridgehead atoms. The lowest BCUT2D eigenvalue weighted by molar-refractivity contribution is -0.142. The van der Waals surface area contributed by atoms with Gasteiger partial charge in [-0.25, -0.2) is 4.98 Å². The zero-order valence-corrected chi connectivity index (χ0v) is 15.9. The Balaban J connectivity index is 2.15. The van der Waals surface area contributed by atoms with Crippen molar-refractivity contribution in [3.8, 4) is 5.75 Å². The van der Waals surface area contributed by atoms with E-state index in [0.29, 0.717) is 11.3 Å². The largest absolute Gasteiger partial charge is 0.497 e. The highest BCUT2D eigenvalue weighted by molar-refractivity contribution is 8.00. The predicted octanol–water partition coefficient (Wildman–Crippen LogP) is 1.66. The maximum absolute atomic E-state index is 12.3. The number of ether oxygens (including phenoxy) is 2. The van der Waals surface area contributed by atoms with Gasteiger partial charge in [-0.1, -0.05) is 11.8 Å². The van der Waals surface area contributed by atoms with E-state index in [0.717, 1.165) is 11.8 Å². The highest BCUT2D eigenvalue weighted by Gasteiger charge is 2.19. The monoisotopic (exact) mass is 392 g/mol. The second-order valence-corrected chi connectivity index (χ2v) is 6.66. The number of carbonyl (C=O) groups is 2. The second-order valence-electron chi connectivity index (χ2n) is 5.33. The fourth-order valence-electron chi connectivity index (χ4n) is 2.05. The summed E-state index contributed by atoms with van der Waals surface area (Å²) < 4.78 is 9.93. The minimum atomic E-state index is -0.622. The number of amides is 1. The van der Waals surface area contributed by atoms with Crippen LogP contribution in [0.15, 0.2) is 34.2 Å². The van der Waals surface area contributed by atoms with Crippen LogP contribution in [-0.2, 0) is 9.53 Å². The van der Waals surface area contributed by atoms with Crippen LogP contribution in [0.25, 0.3) is 0 Å². The molecule has 1 atom stereocenters. The summed E-state index contributed by atoms with van der Waals surface area (Å²) >= 11 is 1.00. The summed E-state index contributed by atoms with van der Waals surface area (Å²) in [5.41, 5.74) is 5.35. The van der Waals surface area contributed by atoms with Gasteiger partial charge in [0, 0.05) is 5.56 Å². The molecule has 1 amide bonds. The van der Waals surface area contributed by atoms with Crippen molar-refractivity contribution in [2.75, 3.05) is 24.8 Å². The van der Waals surface area contributed by atoms with Crippen LogP contribution in [0.5, 0.6) is 5.75 Å². The molecule has 0 fully saturated rings. The first-order chi connectivity index (χ1) is 12.8. The highest BCUT2D eigenvalue weighted by atomic mass is 32.2. The maximum Gasteiger partial charge on any atom is 0.319 e. The quantitative estimate of drug-likeness (QED) is 0.368. The highest BCUT2D eigenvalue weighted by Crippen LogP contribution is 2.22. The maximum atomic E-state index is 12.3. The molecule has 0 saturated carbocycles. The van der Waals surface area contributed by atoms with Gasteiger partial charge in [0.1, 0.15) is 16.7 Å². The van der Waals surface area contributed by atoms with Crippen LogP contribution < -0.4 is 21.3 Å². The van der Waals surface area contributed by atoms with Crippen molar-refractivity contribution in [3.63, 3.8) is 0 Å². The minimum Gasteiger partial charge on any atom is -0.497 e. The number of nitrogen functional groups attached to an aromatic ring is 1. The lowest BCUT2D eigenvalue weighted by Gasteiger charge is -2.11. The van der Waals surface area contributed by atoms with E-state index in [9.17, 15) is 14.4 Å². The standard InChI is InChI=1S/C17H20N4O5S/c1-4-26-16(24)9(2)27-17-20-13(18)12(15(23)21-17)19-14(22)10-5-7-11(25-3)8-6-10/h5-9H,4H2,1-3H3,(H,19,22)(H3,18,20,21,23)/t9-/m0/s1. The van der Waals surface area contributed by atoms with Crippen LogP contribution in [0.2, 0.25) is 0 Å². The van der Waals surface area contributed by atoms with Crippen LogP contribution in [0, 0.1) is 0 Å². The molecule has 0 aliphatic rings. The average molecular weight is 392 g/mol. The molecular weight excluding hydrogens is 372 g/mol. The number of methoxy groups -OCH3 is 1. The molecule has 2 aromatic rings. The molecule has 1 aromatic heterocycles. The molecule has 27 heavy (non-hydrogen) atoms. The first kappa shape index (κ1) is 20.3. The topological polar surface area (TPSA) is 136 Å². The third kappa shape index (κ3) is 5.23. The number of hydrogen-bond donors (Lipinski definition) is 3. The molecule has 9 nitrogen and oxygen atoms in total. The number of aromatic nitrogens is 2. The molecule has 144 valence electrons. The average Bonchev–Trinajstić information content (AvgIpc) is 2.64. The summed E-state index contributed by atoms with van der Waals surface area (Å²) in [7, 11) is 1.52. The number of nitrogens with one attached hydrogen (secondary N) is 2. The smallest absolute Gasteiger partial charge is 0.319 e. The first-order valence-corrected chi connectivity index (χ1v) is 8.92. The lowest BCUT2D eigenvalue weighted by Crippen LogP contribution is -2.24. The van der Waals surface area contributed by atoms with Gasteiger partial charge >= 0.3 is 5.97 Å². The summed E-state index contributed by atoms with van der Waals surface area (Å²) in [6, 6.07) is 6.35. The van der Waals surface area contributed by atoms with Crippen molar-refractivity contribution in [1.29, 1.82) is 0 Å². The molecule has 2 rings (SSSR count). The molecule has 0 aliphatic carbocycles. The Morgan fingerprint density at radius 3 is 2.56 bits per heavy atom. The van der Waals surface area contributed by atoms with Crippen LogP contribution in [0.4, 0.5) is 11.5 Å². The normalized spacial score (nSPS) is 11.5. The molecule has 1 aromatic carbocycles. The molecule has 10 heteroatoms. The zero-order chi connectivity index (χ0) is 20.0. The Morgan fingerprint density at radius 1 is 1.33 bits per heavy atom. The number of hydrogen-bond acceptors (Lipinski definition) is 8. The number of benzene rings is 1. The van der Waals surface area contributed by atoms with Crippen molar-refractivity contribution in [3.05, 3.63) is 40.2 Å². The van der Waals surface area contributed by atoms with Crippen LogP contribution >= 0.6 is 11.8 Å². The predicted molar refractivity (Wildman–Crippen MR) is 102 cm³/mol. The van der Waals surface area contributed by atoms with E-state index >= 15 is 0 Å². The van der Waals surface area contributed by atoms with E-state index in [4.69, 9.17) is 15.2 Å². The molecule has 0 radical (unpaired) electrons. The number of carbonyl (C=O) groups excluding carboxylic acids is 2. The SMILES string of the molecule is CCOC(=O)[C@H](C)Sc1nc(N)c(NC(=O)c2ccc(OC)cc2)c(=O)[nH]1. The van der Waals surface area contributed by atoms with E-state index in [2.05, 4.69) is 15.3 Å². The van der Waals surface area contributed by atoms with Gasteiger partial charge in [0.25, 0.3) is 11.5 Å². The summed E-state index contributed by atoms with van der Waals surface area (Å²) in [4.78, 5) is 42.8. The van der Waals surface area contributed by atoms with Gasteiger partial charge in [-0.15, -0.1) is 0 Å². The number of aromatic amines is 1. The number of esters is 1. The van der Waals surface area contributed by atoms with Crippen LogP contribution in [0.3, 0.4) is 0 Å². The van der Waals surface area contributed by atoms with Gasteiger partial charge in [-0.05, 0) is 38.1 Å². The van der Waals surface area contributed by atoms with Gasteiger partial charge in [0.05, 0.1) is 13.7 Å². The van der Waals surface area contributed by atoms with Crippen molar-refractivity contribution >= 4 is 35.1 Å². The summed E-state index contributed by atoms with van der Waals surface area (Å²) in [5.74, 6) is -0.501. The Morgan fingerprint density at radius 2 is 2.00 bits per heavy atom. The van der Waals surface area contributed by atoms with Gasteiger partial charge in [0.15, 0.2) is 11.0 Å². The van der Waals surface area contributed by atoms with Crippen molar-refractivity contribution in [2.45, 2.75) is 24.3 Å². The Kier molecular flexibility index (Phi) is 6.83. The van der Waals surface area contributed by atoms with Crippen molar-refractivity contribution < 1.29 is 19.1 Å². The minimum absolute atomic E-state index is 0.153. The molecule has 0 aliphatic heterocycles. The Bertz CT molecular complexity index is 882. The summed E-state index contributed by atoms with van der Waals surface area (Å²) in [5, 5.41) is 2.02.